The number of alkyl halides is 1. The summed E-state index contributed by atoms with van der Waals surface area (Å²) in [6.07, 6.45) is 0.913. The second kappa shape index (κ2) is 8.22. The van der Waals surface area contributed by atoms with Crippen LogP contribution in [0, 0.1) is 5.92 Å². The van der Waals surface area contributed by atoms with Gasteiger partial charge in [0.1, 0.15) is 24.2 Å². The molecule has 0 radical (unpaired) electrons. The molecule has 184 valence electrons. The highest BCUT2D eigenvalue weighted by Crippen LogP contribution is 2.39. The number of nitrogens with one attached hydrogen (secondary N) is 1. The lowest BCUT2D eigenvalue weighted by molar-refractivity contribution is -0.120. The molecule has 2 aliphatic heterocycles. The van der Waals surface area contributed by atoms with Crippen LogP contribution in [0.2, 0.25) is 0 Å². The second-order valence-electron chi connectivity index (χ2n) is 10.1. The van der Waals surface area contributed by atoms with Gasteiger partial charge in [0.2, 0.25) is 5.90 Å². The van der Waals surface area contributed by atoms with Crippen LogP contribution in [0.1, 0.15) is 44.1 Å². The molecule has 1 fully saturated rings. The van der Waals surface area contributed by atoms with Crippen LogP contribution in [0.4, 0.5) is 21.5 Å². The lowest BCUT2D eigenvalue weighted by atomic mass is 10.1. The van der Waals surface area contributed by atoms with Crippen LogP contribution in [0.3, 0.4) is 0 Å². The number of anilines is 2. The molecule has 5 rings (SSSR count). The largest absolute Gasteiger partial charge is 0.475 e. The number of Topliss-reactive ketones (excluding diaryl/α,β-unsaturated/α-hetero) is 1. The smallest absolute Gasteiger partial charge is 0.216 e. The molecule has 35 heavy (non-hydrogen) atoms. The van der Waals surface area contributed by atoms with Gasteiger partial charge in [-0.15, -0.1) is 0 Å². The Labute approximate surface area is 203 Å². The molecule has 10 heteroatoms. The van der Waals surface area contributed by atoms with Gasteiger partial charge in [0.15, 0.2) is 9.84 Å². The summed E-state index contributed by atoms with van der Waals surface area (Å²) in [5.74, 6) is -0.314. The Morgan fingerprint density at radius 3 is 2.63 bits per heavy atom. The molecule has 1 saturated carbocycles. The first-order valence-corrected chi connectivity index (χ1v) is 13.4. The fourth-order valence-electron chi connectivity index (χ4n) is 4.31. The van der Waals surface area contributed by atoms with Gasteiger partial charge in [0.25, 0.3) is 0 Å². The van der Waals surface area contributed by atoms with Crippen LogP contribution in [-0.2, 0) is 32.2 Å². The summed E-state index contributed by atoms with van der Waals surface area (Å²) in [6, 6.07) is 6.67. The number of aliphatic imine (C=N–C) groups is 2. The second-order valence-corrected chi connectivity index (χ2v) is 12.1. The maximum Gasteiger partial charge on any atom is 0.216 e. The van der Waals surface area contributed by atoms with E-state index in [4.69, 9.17) is 4.74 Å². The molecule has 1 aliphatic carbocycles. The zero-order chi connectivity index (χ0) is 25.1. The normalized spacial score (nSPS) is 22.2. The summed E-state index contributed by atoms with van der Waals surface area (Å²) >= 11 is 0. The molecule has 8 nitrogen and oxygen atoms in total. The molecule has 0 spiro atoms. The molecule has 0 bridgehead atoms. The van der Waals surface area contributed by atoms with Gasteiger partial charge in [-0.1, -0.05) is 0 Å². The molecular formula is C25H27FN4O4S. The minimum absolute atomic E-state index is 0.0247. The molecule has 3 aliphatic rings. The first-order valence-electron chi connectivity index (χ1n) is 11.5. The number of nitrogens with zero attached hydrogens (tertiary/aromatic N) is 3. The van der Waals surface area contributed by atoms with Crippen molar-refractivity contribution in [2.75, 3.05) is 18.2 Å². The summed E-state index contributed by atoms with van der Waals surface area (Å²) in [6.45, 7) is 6.19. The van der Waals surface area contributed by atoms with Gasteiger partial charge in [-0.2, -0.15) is 0 Å². The van der Waals surface area contributed by atoms with E-state index in [-0.39, 0.29) is 29.1 Å². The highest BCUT2D eigenvalue weighted by Gasteiger charge is 2.43. The van der Waals surface area contributed by atoms with Gasteiger partial charge >= 0.3 is 0 Å². The van der Waals surface area contributed by atoms with Crippen molar-refractivity contribution in [2.24, 2.45) is 15.9 Å². The van der Waals surface area contributed by atoms with Crippen molar-refractivity contribution in [1.29, 1.82) is 0 Å². The standard InChI is InChI=1S/C25H27FN4O4S/c1-13-7-19-23(27-13)20(9-15(28-19)10-21(31)16-11-17(16)26)29-18-6-5-14(8-22(18)35(4,32)33)24-30-25(2,3)12-34-24/h5-6,8-9,16-17H,7,10-12H2,1-4H3,(H,28,29)/t16-,17+/m0/s1. The van der Waals surface area contributed by atoms with E-state index in [2.05, 4.69) is 20.3 Å². The number of ketones is 1. The van der Waals surface area contributed by atoms with Gasteiger partial charge in [-0.25, -0.2) is 17.8 Å². The van der Waals surface area contributed by atoms with Crippen LogP contribution in [0.5, 0.6) is 0 Å². The Morgan fingerprint density at radius 2 is 2.00 bits per heavy atom. The lowest BCUT2D eigenvalue weighted by Gasteiger charge is -2.15. The first kappa shape index (κ1) is 23.6. The van der Waals surface area contributed by atoms with Crippen molar-refractivity contribution < 1.29 is 22.3 Å². The summed E-state index contributed by atoms with van der Waals surface area (Å²) in [4.78, 5) is 26.2. The zero-order valence-corrected chi connectivity index (χ0v) is 20.9. The number of hydrogen-bond donors (Lipinski definition) is 1. The van der Waals surface area contributed by atoms with Crippen LogP contribution in [0.15, 0.2) is 39.1 Å². The number of sulfone groups is 1. The van der Waals surface area contributed by atoms with E-state index in [9.17, 15) is 17.6 Å². The van der Waals surface area contributed by atoms with Crippen molar-refractivity contribution in [3.05, 3.63) is 41.2 Å². The van der Waals surface area contributed by atoms with Gasteiger partial charge in [-0.3, -0.25) is 14.8 Å². The maximum atomic E-state index is 13.4. The first-order chi connectivity index (χ1) is 16.4. The predicted octanol–water partition coefficient (Wildman–Crippen LogP) is 3.90. The highest BCUT2D eigenvalue weighted by atomic mass is 32.2. The Morgan fingerprint density at radius 1 is 1.26 bits per heavy atom. The van der Waals surface area contributed by atoms with E-state index in [0.29, 0.717) is 52.9 Å². The molecule has 2 atom stereocenters. The summed E-state index contributed by atoms with van der Waals surface area (Å²) in [7, 11) is -3.62. The van der Waals surface area contributed by atoms with Gasteiger partial charge in [0, 0.05) is 30.4 Å². The Hall–Kier alpha value is -3.14. The number of halogens is 1. The maximum absolute atomic E-state index is 13.4. The molecule has 0 unspecified atom stereocenters. The number of rotatable bonds is 7. The molecule has 2 aromatic rings. The minimum atomic E-state index is -3.62. The third-order valence-corrected chi connectivity index (χ3v) is 7.33. The summed E-state index contributed by atoms with van der Waals surface area (Å²) in [5, 5.41) is 3.21. The van der Waals surface area contributed by atoms with E-state index in [1.54, 1.807) is 24.3 Å². The topological polar surface area (TPSA) is 110 Å². The third-order valence-electron chi connectivity index (χ3n) is 6.19. The monoisotopic (exact) mass is 498 g/mol. The zero-order valence-electron chi connectivity index (χ0n) is 20.1. The number of ether oxygens (including phenoxy) is 1. The molecule has 0 amide bonds. The Kier molecular flexibility index (Phi) is 5.54. The SMILES string of the molecule is CC1=Nc2c(Nc3ccc(C4=NC(C)(C)CO4)cc3S(C)(=O)=O)cc(CC(=O)[C@H]3C[C@H]3F)nc2C1. The fourth-order valence-corrected chi connectivity index (χ4v) is 5.16. The van der Waals surface area contributed by atoms with E-state index >= 15 is 0 Å². The fraction of sp³-hybridized carbons (Fsp3) is 0.440. The Balaban J connectivity index is 1.52. The quantitative estimate of drug-likeness (QED) is 0.620. The molecule has 1 aromatic heterocycles. The third kappa shape index (κ3) is 4.84. The van der Waals surface area contributed by atoms with Gasteiger partial charge < -0.3 is 10.1 Å². The lowest BCUT2D eigenvalue weighted by Crippen LogP contribution is -2.17. The molecule has 0 saturated heterocycles. The highest BCUT2D eigenvalue weighted by molar-refractivity contribution is 7.90. The van der Waals surface area contributed by atoms with Crippen molar-refractivity contribution in [2.45, 2.75) is 56.6 Å². The van der Waals surface area contributed by atoms with Crippen LogP contribution in [0.25, 0.3) is 0 Å². The van der Waals surface area contributed by atoms with E-state index in [1.165, 1.54) is 0 Å². The number of pyridine rings is 1. The number of hydrogen-bond acceptors (Lipinski definition) is 8. The molecule has 1 N–H and O–H groups in total. The number of carbonyl (C=O) groups is 1. The Bertz CT molecular complexity index is 1410. The van der Waals surface area contributed by atoms with Crippen LogP contribution < -0.4 is 5.32 Å². The number of fused-ring (bicyclic) bond motifs is 1. The van der Waals surface area contributed by atoms with Gasteiger partial charge in [0.05, 0.1) is 39.1 Å². The van der Waals surface area contributed by atoms with E-state index < -0.39 is 21.9 Å². The van der Waals surface area contributed by atoms with Crippen molar-refractivity contribution >= 4 is 44.3 Å². The summed E-state index contributed by atoms with van der Waals surface area (Å²) in [5.41, 5.74) is 3.81. The average molecular weight is 499 g/mol. The van der Waals surface area contributed by atoms with Crippen LogP contribution in [-0.4, -0.2) is 55.4 Å². The van der Waals surface area contributed by atoms with Gasteiger partial charge in [-0.05, 0) is 51.5 Å². The predicted molar refractivity (Wildman–Crippen MR) is 132 cm³/mol. The van der Waals surface area contributed by atoms with Crippen molar-refractivity contribution in [1.82, 2.24) is 4.98 Å². The average Bonchev–Trinajstić information content (AvgIpc) is 3.20. The molecule has 1 aromatic carbocycles. The number of benzene rings is 1. The van der Waals surface area contributed by atoms with Crippen molar-refractivity contribution in [3.63, 3.8) is 0 Å². The molecular weight excluding hydrogens is 471 g/mol. The van der Waals surface area contributed by atoms with E-state index in [0.717, 1.165) is 12.0 Å². The van der Waals surface area contributed by atoms with Crippen molar-refractivity contribution in [3.8, 4) is 0 Å². The van der Waals surface area contributed by atoms with E-state index in [1.807, 2.05) is 20.8 Å². The number of aromatic nitrogens is 1. The minimum Gasteiger partial charge on any atom is -0.475 e. The summed E-state index contributed by atoms with van der Waals surface area (Å²) < 4.78 is 44.5. The van der Waals surface area contributed by atoms with Crippen LogP contribution >= 0.6 is 0 Å². The number of carbonyl (C=O) groups excluding carboxylic acids is 1. The molecule has 3 heterocycles.